The number of furan rings is 1. The summed E-state index contributed by atoms with van der Waals surface area (Å²) in [5, 5.41) is 5.24. The van der Waals surface area contributed by atoms with Gasteiger partial charge in [0, 0.05) is 17.2 Å². The van der Waals surface area contributed by atoms with Crippen molar-refractivity contribution >= 4 is 45.6 Å². The van der Waals surface area contributed by atoms with E-state index in [4.69, 9.17) is 32.4 Å². The van der Waals surface area contributed by atoms with Gasteiger partial charge in [-0.3, -0.25) is 4.79 Å². The fourth-order valence-electron chi connectivity index (χ4n) is 3.22. The van der Waals surface area contributed by atoms with Gasteiger partial charge in [0.1, 0.15) is 21.8 Å². The largest absolute Gasteiger partial charge is 0.494 e. The van der Waals surface area contributed by atoms with Crippen molar-refractivity contribution < 1.29 is 9.15 Å². The van der Waals surface area contributed by atoms with Gasteiger partial charge in [0.2, 0.25) is 4.96 Å². The zero-order valence-corrected chi connectivity index (χ0v) is 19.0. The van der Waals surface area contributed by atoms with Crippen LogP contribution in [0.3, 0.4) is 0 Å². The maximum atomic E-state index is 12.8. The van der Waals surface area contributed by atoms with Crippen LogP contribution in [0, 0.1) is 0 Å². The number of fused-ring (bicyclic) bond motifs is 1. The summed E-state index contributed by atoms with van der Waals surface area (Å²) in [6.07, 6.45) is 1.67. The summed E-state index contributed by atoms with van der Waals surface area (Å²) in [7, 11) is 0. The third kappa shape index (κ3) is 3.79. The van der Waals surface area contributed by atoms with Crippen molar-refractivity contribution in [2.75, 3.05) is 6.61 Å². The lowest BCUT2D eigenvalue weighted by molar-refractivity contribution is 0.340. The van der Waals surface area contributed by atoms with E-state index in [1.54, 1.807) is 30.3 Å². The Labute approximate surface area is 196 Å². The summed E-state index contributed by atoms with van der Waals surface area (Å²) in [4.78, 5) is 17.8. The van der Waals surface area contributed by atoms with E-state index in [-0.39, 0.29) is 5.56 Å². The van der Waals surface area contributed by atoms with E-state index >= 15 is 0 Å². The lowest BCUT2D eigenvalue weighted by atomic mass is 10.2. The van der Waals surface area contributed by atoms with E-state index in [9.17, 15) is 4.79 Å². The topological polar surface area (TPSA) is 69.6 Å². The zero-order chi connectivity index (χ0) is 22.2. The van der Waals surface area contributed by atoms with E-state index in [1.165, 1.54) is 15.9 Å². The maximum absolute atomic E-state index is 12.8. The van der Waals surface area contributed by atoms with Crippen molar-refractivity contribution in [3.63, 3.8) is 0 Å². The monoisotopic (exact) mass is 483 g/mol. The number of aromatic nitrogens is 3. The fourth-order valence-corrected chi connectivity index (χ4v) is 4.50. The molecule has 0 spiro atoms. The molecule has 0 saturated heterocycles. The van der Waals surface area contributed by atoms with Gasteiger partial charge in [0.25, 0.3) is 5.56 Å². The van der Waals surface area contributed by atoms with Gasteiger partial charge in [-0.05, 0) is 55.5 Å². The Morgan fingerprint density at radius 2 is 1.94 bits per heavy atom. The summed E-state index contributed by atoms with van der Waals surface area (Å²) in [6, 6.07) is 16.3. The molecule has 0 aliphatic heterocycles. The second kappa shape index (κ2) is 8.43. The molecular formula is C23H15Cl2N3O3S. The Morgan fingerprint density at radius 1 is 1.12 bits per heavy atom. The Morgan fingerprint density at radius 3 is 2.69 bits per heavy atom. The van der Waals surface area contributed by atoms with Crippen LogP contribution in [-0.2, 0) is 0 Å². The summed E-state index contributed by atoms with van der Waals surface area (Å²) in [5.74, 6) is 2.34. The van der Waals surface area contributed by atoms with Crippen molar-refractivity contribution in [1.29, 1.82) is 0 Å². The molecule has 0 fully saturated rings. The molecule has 5 rings (SSSR count). The van der Waals surface area contributed by atoms with Crippen LogP contribution in [0.15, 0.2) is 63.8 Å². The molecule has 0 unspecified atom stereocenters. The minimum Gasteiger partial charge on any atom is -0.494 e. The highest BCUT2D eigenvalue weighted by molar-refractivity contribution is 7.15. The van der Waals surface area contributed by atoms with Gasteiger partial charge in [-0.1, -0.05) is 40.6 Å². The third-order valence-electron chi connectivity index (χ3n) is 4.72. The van der Waals surface area contributed by atoms with E-state index in [0.29, 0.717) is 49.1 Å². The molecule has 0 amide bonds. The first kappa shape index (κ1) is 20.8. The van der Waals surface area contributed by atoms with Gasteiger partial charge < -0.3 is 9.15 Å². The Bertz CT molecular complexity index is 1540. The van der Waals surface area contributed by atoms with Crippen molar-refractivity contribution in [3.05, 3.63) is 85.3 Å². The average Bonchev–Trinajstić information content (AvgIpc) is 3.49. The van der Waals surface area contributed by atoms with Gasteiger partial charge in [-0.15, -0.1) is 5.10 Å². The van der Waals surface area contributed by atoms with Gasteiger partial charge in [-0.2, -0.15) is 9.50 Å². The fraction of sp³-hybridized carbons (Fsp3) is 0.0870. The highest BCUT2D eigenvalue weighted by Gasteiger charge is 2.14. The van der Waals surface area contributed by atoms with E-state index < -0.39 is 0 Å². The minimum absolute atomic E-state index is 0.256. The molecule has 160 valence electrons. The molecule has 32 heavy (non-hydrogen) atoms. The second-order valence-corrected chi connectivity index (χ2v) is 8.60. The highest BCUT2D eigenvalue weighted by atomic mass is 35.5. The first-order valence-corrected chi connectivity index (χ1v) is 11.3. The number of rotatable bonds is 5. The van der Waals surface area contributed by atoms with Crippen LogP contribution in [0.1, 0.15) is 12.7 Å². The van der Waals surface area contributed by atoms with Crippen molar-refractivity contribution in [3.8, 4) is 28.5 Å². The zero-order valence-electron chi connectivity index (χ0n) is 16.7. The molecule has 3 aromatic heterocycles. The number of nitrogens with zero attached hydrogens (tertiary/aromatic N) is 3. The molecule has 0 atom stereocenters. The Kier molecular flexibility index (Phi) is 5.46. The predicted molar refractivity (Wildman–Crippen MR) is 127 cm³/mol. The SMILES string of the molecule is CCOc1ccc(-c2nc3sc(=Cc4ccc(-c5cccc(Cl)c5Cl)o4)c(=O)n3n2)cc1. The van der Waals surface area contributed by atoms with Crippen LogP contribution in [0.4, 0.5) is 0 Å². The molecule has 0 bridgehead atoms. The van der Waals surface area contributed by atoms with Crippen LogP contribution < -0.4 is 14.8 Å². The predicted octanol–water partition coefficient (Wildman–Crippen LogP) is 5.33. The highest BCUT2D eigenvalue weighted by Crippen LogP contribution is 2.34. The smallest absolute Gasteiger partial charge is 0.291 e. The van der Waals surface area contributed by atoms with Crippen LogP contribution in [0.5, 0.6) is 5.75 Å². The lowest BCUT2D eigenvalue weighted by Crippen LogP contribution is -2.23. The van der Waals surface area contributed by atoms with Gasteiger partial charge in [0.15, 0.2) is 5.82 Å². The number of thiazole rings is 1. The van der Waals surface area contributed by atoms with Crippen molar-refractivity contribution in [2.45, 2.75) is 6.92 Å². The summed E-state index contributed by atoms with van der Waals surface area (Å²) < 4.78 is 13.1. The molecule has 0 aliphatic carbocycles. The second-order valence-electron chi connectivity index (χ2n) is 6.81. The average molecular weight is 484 g/mol. The molecule has 0 aliphatic rings. The molecule has 2 aromatic carbocycles. The molecular weight excluding hydrogens is 469 g/mol. The standard InChI is InChI=1S/C23H15Cl2N3O3S/c1-2-30-14-8-6-13(7-9-14)21-26-23-28(27-21)22(29)19(32-23)12-15-10-11-18(31-15)16-4-3-5-17(24)20(16)25/h3-12H,2H2,1H3. The van der Waals surface area contributed by atoms with Crippen LogP contribution in [-0.4, -0.2) is 21.2 Å². The van der Waals surface area contributed by atoms with Crippen LogP contribution in [0.2, 0.25) is 10.0 Å². The molecule has 6 nitrogen and oxygen atoms in total. The number of benzene rings is 2. The Hall–Kier alpha value is -3.13. The van der Waals surface area contributed by atoms with Crippen LogP contribution in [0.25, 0.3) is 33.7 Å². The summed E-state index contributed by atoms with van der Waals surface area (Å²) >= 11 is 13.6. The minimum atomic E-state index is -0.256. The number of hydrogen-bond acceptors (Lipinski definition) is 6. The Balaban J connectivity index is 1.47. The summed E-state index contributed by atoms with van der Waals surface area (Å²) in [6.45, 7) is 2.53. The van der Waals surface area contributed by atoms with E-state index in [1.807, 2.05) is 37.3 Å². The first-order valence-electron chi connectivity index (χ1n) is 9.72. The van der Waals surface area contributed by atoms with Crippen molar-refractivity contribution in [1.82, 2.24) is 14.6 Å². The number of halogens is 2. The van der Waals surface area contributed by atoms with E-state index in [2.05, 4.69) is 10.1 Å². The molecule has 0 N–H and O–H groups in total. The molecule has 9 heteroatoms. The molecule has 3 heterocycles. The van der Waals surface area contributed by atoms with Gasteiger partial charge in [-0.25, -0.2) is 0 Å². The van der Waals surface area contributed by atoms with Crippen LogP contribution >= 0.6 is 34.5 Å². The van der Waals surface area contributed by atoms with E-state index in [0.717, 1.165) is 11.3 Å². The van der Waals surface area contributed by atoms with Crippen molar-refractivity contribution in [2.24, 2.45) is 0 Å². The lowest BCUT2D eigenvalue weighted by Gasteiger charge is -2.02. The summed E-state index contributed by atoms with van der Waals surface area (Å²) in [5.41, 5.74) is 1.24. The van der Waals surface area contributed by atoms with Gasteiger partial charge in [0.05, 0.1) is 16.7 Å². The number of ether oxygens (including phenoxy) is 1. The molecule has 0 saturated carbocycles. The third-order valence-corrected chi connectivity index (χ3v) is 6.50. The quantitative estimate of drug-likeness (QED) is 0.337. The van der Waals surface area contributed by atoms with Gasteiger partial charge >= 0.3 is 0 Å². The first-order chi connectivity index (χ1) is 15.5. The molecule has 0 radical (unpaired) electrons. The molecule has 5 aromatic rings. The number of hydrogen-bond donors (Lipinski definition) is 0. The normalized spacial score (nSPS) is 12.0. The maximum Gasteiger partial charge on any atom is 0.291 e.